The smallest absolute Gasteiger partial charge is 0.535 e. The van der Waals surface area contributed by atoms with Crippen LogP contribution in [0.15, 0.2) is 12.4 Å². The lowest BCUT2D eigenvalue weighted by Gasteiger charge is -2.04. The van der Waals surface area contributed by atoms with E-state index in [1.807, 2.05) is 0 Å². The van der Waals surface area contributed by atoms with Crippen LogP contribution in [-0.4, -0.2) is 0 Å². The molecule has 0 unspecified atom stereocenters. The largest absolute Gasteiger partial charge is 0.675 e. The molecule has 1 heterocycles. The van der Waals surface area contributed by atoms with Crippen LogP contribution in [0.1, 0.15) is 0 Å². The van der Waals surface area contributed by atoms with Gasteiger partial charge in [0.25, 0.3) is 0 Å². The van der Waals surface area contributed by atoms with Gasteiger partial charge in [0, 0.05) is 0 Å². The van der Waals surface area contributed by atoms with Crippen LogP contribution in [0.25, 0.3) is 0 Å². The van der Waals surface area contributed by atoms with Crippen molar-refractivity contribution in [2.75, 3.05) is 11.5 Å². The minimum Gasteiger partial charge on any atom is -0.675 e. The van der Waals surface area contributed by atoms with Crippen LogP contribution >= 0.6 is 0 Å². The van der Waals surface area contributed by atoms with E-state index in [2.05, 4.69) is 0 Å². The first-order valence-electron chi connectivity index (χ1n) is 2.48. The number of nitrogen functional groups attached to an aromatic ring is 2. The summed E-state index contributed by atoms with van der Waals surface area (Å²) in [5.74, 6) is -0.436. The molecule has 6 nitrogen and oxygen atoms in total. The first-order chi connectivity index (χ1) is 4.61. The quantitative estimate of drug-likeness (QED) is 0.326. The maximum absolute atomic E-state index is 10.6. The minimum absolute atomic E-state index is 0.0826. The van der Waals surface area contributed by atoms with E-state index < -0.39 is 5.95 Å². The van der Waals surface area contributed by atoms with Gasteiger partial charge in [-0.1, -0.05) is 0 Å². The number of nitrogens with zero attached hydrogens (tertiary/aromatic N) is 2. The lowest BCUT2D eigenvalue weighted by molar-refractivity contribution is -0.717. The lowest BCUT2D eigenvalue weighted by atomic mass is 10.6. The molecule has 1 rings (SSSR count). The fourth-order valence-corrected chi connectivity index (χ4v) is 0.534. The first-order valence-corrected chi connectivity index (χ1v) is 2.48. The second-order valence-electron chi connectivity index (χ2n) is 1.77. The zero-order valence-electron chi connectivity index (χ0n) is 5.02. The normalized spacial score (nSPS) is 9.60. The molecule has 0 aliphatic rings. The number of aromatic nitrogens is 2. The van der Waals surface area contributed by atoms with Gasteiger partial charge >= 0.3 is 5.95 Å². The summed E-state index contributed by atoms with van der Waals surface area (Å²) in [5, 5.41) is 21.1. The highest BCUT2D eigenvalue weighted by atomic mass is 16.5. The molecule has 10 heavy (non-hydrogen) atoms. The van der Waals surface area contributed by atoms with Gasteiger partial charge in [-0.15, -0.1) is 9.46 Å². The summed E-state index contributed by atoms with van der Waals surface area (Å²) in [6, 6.07) is 0. The van der Waals surface area contributed by atoms with E-state index in [4.69, 9.17) is 11.5 Å². The van der Waals surface area contributed by atoms with Crippen LogP contribution in [0.4, 0.5) is 11.6 Å². The van der Waals surface area contributed by atoms with Crippen LogP contribution in [0, 0.1) is 10.4 Å². The fourth-order valence-electron chi connectivity index (χ4n) is 0.534. The van der Waals surface area contributed by atoms with E-state index in [1.165, 1.54) is 0 Å². The Kier molecular flexibility index (Phi) is 1.22. The van der Waals surface area contributed by atoms with Gasteiger partial charge in [-0.3, -0.25) is 0 Å². The topological polar surface area (TPSA) is 106 Å². The van der Waals surface area contributed by atoms with E-state index in [1.54, 1.807) is 0 Å². The van der Waals surface area contributed by atoms with Crippen molar-refractivity contribution in [1.82, 2.24) is 0 Å². The Morgan fingerprint density at radius 3 is 1.90 bits per heavy atom. The van der Waals surface area contributed by atoms with Crippen LogP contribution in [0.3, 0.4) is 0 Å². The Morgan fingerprint density at radius 1 is 1.10 bits per heavy atom. The standard InChI is InChI=1S/C4H6N4O2/c5-3-1-7(9)4(6)8(10)2-3/h1-2H,5-6H2. The molecule has 54 valence electrons. The van der Waals surface area contributed by atoms with Crippen molar-refractivity contribution in [3.8, 4) is 0 Å². The molecule has 0 aromatic carbocycles. The molecule has 0 spiro atoms. The van der Waals surface area contributed by atoms with Gasteiger partial charge in [0.2, 0.25) is 0 Å². The van der Waals surface area contributed by atoms with Crippen LogP contribution in [0.2, 0.25) is 0 Å². The third-order valence-corrected chi connectivity index (χ3v) is 0.984. The molecular formula is C4H6N4O2. The number of hydrogen-bond donors (Lipinski definition) is 2. The van der Waals surface area contributed by atoms with E-state index in [9.17, 15) is 10.4 Å². The van der Waals surface area contributed by atoms with Crippen LogP contribution in [-0.2, 0) is 0 Å². The Balaban J connectivity index is 3.31. The zero-order chi connectivity index (χ0) is 7.72. The minimum atomic E-state index is -0.436. The Hall–Kier alpha value is -1.72. The Bertz CT molecular complexity index is 238. The van der Waals surface area contributed by atoms with Crippen molar-refractivity contribution in [1.29, 1.82) is 0 Å². The van der Waals surface area contributed by atoms with Crippen molar-refractivity contribution in [2.45, 2.75) is 0 Å². The maximum atomic E-state index is 10.6. The van der Waals surface area contributed by atoms with Crippen LogP contribution < -0.4 is 20.9 Å². The monoisotopic (exact) mass is 142 g/mol. The predicted molar refractivity (Wildman–Crippen MR) is 33.2 cm³/mol. The van der Waals surface area contributed by atoms with Crippen molar-refractivity contribution in [3.63, 3.8) is 0 Å². The molecule has 0 bridgehead atoms. The molecular weight excluding hydrogens is 136 g/mol. The lowest BCUT2D eigenvalue weighted by Crippen LogP contribution is -2.45. The van der Waals surface area contributed by atoms with E-state index in [0.29, 0.717) is 0 Å². The van der Waals surface area contributed by atoms with Crippen LogP contribution in [0.5, 0.6) is 0 Å². The number of rotatable bonds is 0. The highest BCUT2D eigenvalue weighted by molar-refractivity contribution is 5.27. The van der Waals surface area contributed by atoms with Gasteiger partial charge < -0.3 is 16.1 Å². The molecule has 0 atom stereocenters. The van der Waals surface area contributed by atoms with Gasteiger partial charge in [0.1, 0.15) is 5.69 Å². The van der Waals surface area contributed by atoms with Gasteiger partial charge in [-0.2, -0.15) is 0 Å². The van der Waals surface area contributed by atoms with Crippen molar-refractivity contribution < 1.29 is 9.46 Å². The number of nitrogens with two attached hydrogens (primary N) is 2. The highest BCUT2D eigenvalue weighted by Crippen LogP contribution is 1.90. The molecule has 1 aromatic heterocycles. The highest BCUT2D eigenvalue weighted by Gasteiger charge is 2.08. The molecule has 0 radical (unpaired) electrons. The maximum Gasteiger partial charge on any atom is 0.535 e. The molecule has 0 aliphatic heterocycles. The summed E-state index contributed by atoms with van der Waals surface area (Å²) in [6.45, 7) is 0. The summed E-state index contributed by atoms with van der Waals surface area (Å²) in [7, 11) is 0. The summed E-state index contributed by atoms with van der Waals surface area (Å²) in [4.78, 5) is 0. The molecule has 1 aromatic rings. The molecule has 6 heteroatoms. The van der Waals surface area contributed by atoms with Gasteiger partial charge in [-0.25, -0.2) is 5.73 Å². The Labute approximate surface area is 56.5 Å². The fraction of sp³-hybridized carbons (Fsp3) is 0. The second-order valence-corrected chi connectivity index (χ2v) is 1.77. The third kappa shape index (κ3) is 0.859. The average molecular weight is 142 g/mol. The molecule has 0 fully saturated rings. The predicted octanol–water partition coefficient (Wildman–Crippen LogP) is -1.88. The van der Waals surface area contributed by atoms with E-state index in [0.717, 1.165) is 12.4 Å². The molecule has 4 N–H and O–H groups in total. The van der Waals surface area contributed by atoms with Crippen molar-refractivity contribution in [2.24, 2.45) is 0 Å². The van der Waals surface area contributed by atoms with Gasteiger partial charge in [0.05, 0.1) is 0 Å². The van der Waals surface area contributed by atoms with E-state index in [-0.39, 0.29) is 15.1 Å². The third-order valence-electron chi connectivity index (χ3n) is 0.984. The zero-order valence-corrected chi connectivity index (χ0v) is 5.02. The molecule has 0 aliphatic carbocycles. The molecule has 0 saturated heterocycles. The summed E-state index contributed by atoms with van der Waals surface area (Å²) >= 11 is 0. The van der Waals surface area contributed by atoms with Gasteiger partial charge in [-0.05, 0) is 0 Å². The summed E-state index contributed by atoms with van der Waals surface area (Å²) in [6.07, 6.45) is 2.04. The summed E-state index contributed by atoms with van der Waals surface area (Å²) in [5.41, 5.74) is 10.2. The SMILES string of the molecule is Nc1c[n+]([O-])c(N)[n+]([O-])c1. The van der Waals surface area contributed by atoms with E-state index >= 15 is 0 Å². The molecule has 0 saturated carbocycles. The average Bonchev–Trinajstić information content (AvgIpc) is 1.82. The second kappa shape index (κ2) is 1.90. The number of anilines is 2. The Morgan fingerprint density at radius 2 is 1.50 bits per heavy atom. The van der Waals surface area contributed by atoms with Crippen molar-refractivity contribution >= 4 is 11.6 Å². The first kappa shape index (κ1) is 6.40. The van der Waals surface area contributed by atoms with Crippen molar-refractivity contribution in [3.05, 3.63) is 22.8 Å². The van der Waals surface area contributed by atoms with Gasteiger partial charge in [0.15, 0.2) is 12.4 Å². The number of hydrogen-bond acceptors (Lipinski definition) is 4. The summed E-state index contributed by atoms with van der Waals surface area (Å²) < 4.78 is 0.421. The molecule has 0 amide bonds.